The monoisotopic (exact) mass is 243 g/mol. The number of nitrogens with one attached hydrogen (secondary N) is 1. The Hall–Kier alpha value is -1.65. The number of para-hydroxylation sites is 1. The van der Waals surface area contributed by atoms with E-state index < -0.39 is 0 Å². The average molecular weight is 243 g/mol. The predicted molar refractivity (Wildman–Crippen MR) is 69.6 cm³/mol. The van der Waals surface area contributed by atoms with Gasteiger partial charge >= 0.3 is 0 Å². The summed E-state index contributed by atoms with van der Waals surface area (Å²) in [6.45, 7) is 2.57. The number of hydrogen-bond donors (Lipinski definition) is 1. The van der Waals surface area contributed by atoms with Gasteiger partial charge in [-0.05, 0) is 18.1 Å². The van der Waals surface area contributed by atoms with E-state index in [1.807, 2.05) is 17.1 Å². The molecule has 1 aliphatic heterocycles. The molecule has 0 spiro atoms. The fourth-order valence-corrected chi connectivity index (χ4v) is 2.26. The zero-order valence-electron chi connectivity index (χ0n) is 10.2. The Morgan fingerprint density at radius 2 is 2.33 bits per heavy atom. The zero-order valence-corrected chi connectivity index (χ0v) is 10.2. The molecule has 4 nitrogen and oxygen atoms in total. The standard InChI is InChI=1S/C14H17N3O/c1-2-4-14(17-7-6-15-11-17)12(3-1)9-16-13-5-8-18-10-13/h1-4,6-7,11,13,16H,5,8-10H2/t13-/m0/s1. The number of hydrogen-bond acceptors (Lipinski definition) is 3. The van der Waals surface area contributed by atoms with Crippen molar-refractivity contribution in [1.29, 1.82) is 0 Å². The maximum absolute atomic E-state index is 5.37. The van der Waals surface area contributed by atoms with Crippen LogP contribution in [0.25, 0.3) is 5.69 Å². The first-order valence-electron chi connectivity index (χ1n) is 6.31. The summed E-state index contributed by atoms with van der Waals surface area (Å²) in [4.78, 5) is 4.10. The van der Waals surface area contributed by atoms with E-state index in [0.29, 0.717) is 6.04 Å². The van der Waals surface area contributed by atoms with Gasteiger partial charge in [-0.3, -0.25) is 0 Å². The van der Waals surface area contributed by atoms with Crippen molar-refractivity contribution < 1.29 is 4.74 Å². The molecular formula is C14H17N3O. The third kappa shape index (κ3) is 2.44. The summed E-state index contributed by atoms with van der Waals surface area (Å²) in [7, 11) is 0. The molecule has 0 aliphatic carbocycles. The van der Waals surface area contributed by atoms with Crippen molar-refractivity contribution in [2.45, 2.75) is 19.0 Å². The number of imidazole rings is 1. The van der Waals surface area contributed by atoms with Gasteiger partial charge in [-0.15, -0.1) is 0 Å². The maximum Gasteiger partial charge on any atom is 0.0991 e. The molecule has 0 unspecified atom stereocenters. The normalized spacial score (nSPS) is 19.2. The van der Waals surface area contributed by atoms with Gasteiger partial charge in [-0.25, -0.2) is 4.98 Å². The second-order valence-electron chi connectivity index (χ2n) is 4.54. The van der Waals surface area contributed by atoms with Crippen LogP contribution in [0.1, 0.15) is 12.0 Å². The van der Waals surface area contributed by atoms with Gasteiger partial charge in [0.2, 0.25) is 0 Å². The lowest BCUT2D eigenvalue weighted by Gasteiger charge is -2.14. The molecule has 2 aromatic rings. The van der Waals surface area contributed by atoms with E-state index in [-0.39, 0.29) is 0 Å². The van der Waals surface area contributed by atoms with Crippen LogP contribution >= 0.6 is 0 Å². The van der Waals surface area contributed by atoms with E-state index in [4.69, 9.17) is 4.74 Å². The zero-order chi connectivity index (χ0) is 12.2. The van der Waals surface area contributed by atoms with Crippen LogP contribution in [0.5, 0.6) is 0 Å². The third-order valence-corrected chi connectivity index (χ3v) is 3.29. The minimum Gasteiger partial charge on any atom is -0.380 e. The van der Waals surface area contributed by atoms with E-state index in [2.05, 4.69) is 34.6 Å². The molecule has 3 rings (SSSR count). The molecule has 18 heavy (non-hydrogen) atoms. The molecule has 0 amide bonds. The van der Waals surface area contributed by atoms with Crippen LogP contribution in [0.3, 0.4) is 0 Å². The number of ether oxygens (including phenoxy) is 1. The first kappa shape index (κ1) is 11.4. The molecule has 1 aromatic carbocycles. The van der Waals surface area contributed by atoms with Crippen molar-refractivity contribution in [1.82, 2.24) is 14.9 Å². The first-order valence-corrected chi connectivity index (χ1v) is 6.31. The molecule has 0 bridgehead atoms. The minimum atomic E-state index is 0.487. The lowest BCUT2D eigenvalue weighted by Crippen LogP contribution is -2.28. The highest BCUT2D eigenvalue weighted by atomic mass is 16.5. The van der Waals surface area contributed by atoms with Gasteiger partial charge in [0.15, 0.2) is 0 Å². The molecule has 1 saturated heterocycles. The molecular weight excluding hydrogens is 226 g/mol. The summed E-state index contributed by atoms with van der Waals surface area (Å²) in [6, 6.07) is 8.88. The van der Waals surface area contributed by atoms with E-state index in [1.54, 1.807) is 6.20 Å². The van der Waals surface area contributed by atoms with E-state index in [0.717, 1.165) is 26.2 Å². The summed E-state index contributed by atoms with van der Waals surface area (Å²) in [5, 5.41) is 3.54. The lowest BCUT2D eigenvalue weighted by atomic mass is 10.1. The topological polar surface area (TPSA) is 39.1 Å². The van der Waals surface area contributed by atoms with E-state index in [1.165, 1.54) is 11.3 Å². The smallest absolute Gasteiger partial charge is 0.0991 e. The van der Waals surface area contributed by atoms with Gasteiger partial charge in [0.1, 0.15) is 0 Å². The van der Waals surface area contributed by atoms with Crippen LogP contribution in [0.2, 0.25) is 0 Å². The number of nitrogens with zero attached hydrogens (tertiary/aromatic N) is 2. The Morgan fingerprint density at radius 3 is 3.11 bits per heavy atom. The fourth-order valence-electron chi connectivity index (χ4n) is 2.26. The molecule has 1 aromatic heterocycles. The van der Waals surface area contributed by atoms with Crippen LogP contribution in [-0.4, -0.2) is 28.8 Å². The predicted octanol–water partition coefficient (Wildman–Crippen LogP) is 1.75. The number of rotatable bonds is 4. The maximum atomic E-state index is 5.37. The molecule has 1 N–H and O–H groups in total. The Morgan fingerprint density at radius 1 is 1.39 bits per heavy atom. The van der Waals surface area contributed by atoms with Crippen molar-refractivity contribution in [2.75, 3.05) is 13.2 Å². The van der Waals surface area contributed by atoms with E-state index in [9.17, 15) is 0 Å². The van der Waals surface area contributed by atoms with Gasteiger partial charge in [0, 0.05) is 31.6 Å². The first-order chi connectivity index (χ1) is 8.93. The molecule has 4 heteroatoms. The average Bonchev–Trinajstić information content (AvgIpc) is 3.10. The summed E-state index contributed by atoms with van der Waals surface area (Å²) >= 11 is 0. The number of benzene rings is 1. The second kappa shape index (κ2) is 5.33. The Labute approximate surface area is 107 Å². The fraction of sp³-hybridized carbons (Fsp3) is 0.357. The highest BCUT2D eigenvalue weighted by Gasteiger charge is 2.15. The SMILES string of the molecule is c1ccc(-n2ccnc2)c(CN[C@H]2CCOC2)c1. The van der Waals surface area contributed by atoms with Gasteiger partial charge in [0.25, 0.3) is 0 Å². The summed E-state index contributed by atoms with van der Waals surface area (Å²) in [5.74, 6) is 0. The third-order valence-electron chi connectivity index (χ3n) is 3.29. The van der Waals surface area contributed by atoms with Crippen molar-refractivity contribution in [3.8, 4) is 5.69 Å². The largest absolute Gasteiger partial charge is 0.380 e. The van der Waals surface area contributed by atoms with Crippen LogP contribution in [0, 0.1) is 0 Å². The van der Waals surface area contributed by atoms with E-state index >= 15 is 0 Å². The van der Waals surface area contributed by atoms with Crippen molar-refractivity contribution in [3.63, 3.8) is 0 Å². The minimum absolute atomic E-state index is 0.487. The molecule has 1 atom stereocenters. The molecule has 2 heterocycles. The molecule has 94 valence electrons. The van der Waals surface area contributed by atoms with Crippen LogP contribution in [0.4, 0.5) is 0 Å². The van der Waals surface area contributed by atoms with Crippen LogP contribution in [-0.2, 0) is 11.3 Å². The Balaban J connectivity index is 1.75. The van der Waals surface area contributed by atoms with Crippen LogP contribution in [0.15, 0.2) is 43.0 Å². The summed E-state index contributed by atoms with van der Waals surface area (Å²) in [6.07, 6.45) is 6.71. The molecule has 0 saturated carbocycles. The van der Waals surface area contributed by atoms with Crippen LogP contribution < -0.4 is 5.32 Å². The summed E-state index contributed by atoms with van der Waals surface area (Å²) < 4.78 is 7.41. The quantitative estimate of drug-likeness (QED) is 0.889. The van der Waals surface area contributed by atoms with Gasteiger partial charge in [-0.1, -0.05) is 18.2 Å². The van der Waals surface area contributed by atoms with Crippen molar-refractivity contribution in [2.24, 2.45) is 0 Å². The van der Waals surface area contributed by atoms with Gasteiger partial charge < -0.3 is 14.6 Å². The Bertz CT molecular complexity index is 490. The summed E-state index contributed by atoms with van der Waals surface area (Å²) in [5.41, 5.74) is 2.46. The highest BCUT2D eigenvalue weighted by Crippen LogP contribution is 2.14. The van der Waals surface area contributed by atoms with Crippen molar-refractivity contribution in [3.05, 3.63) is 48.5 Å². The second-order valence-corrected chi connectivity index (χ2v) is 4.54. The van der Waals surface area contributed by atoms with Gasteiger partial charge in [0.05, 0.1) is 18.6 Å². The highest BCUT2D eigenvalue weighted by molar-refractivity contribution is 5.40. The number of aromatic nitrogens is 2. The molecule has 0 radical (unpaired) electrons. The van der Waals surface area contributed by atoms with Gasteiger partial charge in [-0.2, -0.15) is 0 Å². The van der Waals surface area contributed by atoms with Crippen molar-refractivity contribution >= 4 is 0 Å². The molecule has 1 fully saturated rings. The lowest BCUT2D eigenvalue weighted by molar-refractivity contribution is 0.190. The Kier molecular flexibility index (Phi) is 3.39. The molecule has 1 aliphatic rings.